The van der Waals surface area contributed by atoms with E-state index >= 15 is 4.79 Å². The smallest absolute Gasteiger partial charge is 0.364 e. The fourth-order valence-corrected chi connectivity index (χ4v) is 22.0. The number of hydrogen-bond acceptors (Lipinski definition) is 39. The molecule has 20 N–H and O–H groups in total. The van der Waals surface area contributed by atoms with Crippen LogP contribution in [0.3, 0.4) is 0 Å². The summed E-state index contributed by atoms with van der Waals surface area (Å²) in [4.78, 5) is 43.7. The molecule has 8 saturated heterocycles. The first-order chi connectivity index (χ1) is 56.2. The van der Waals surface area contributed by atoms with Gasteiger partial charge < -0.3 is 183 Å². The van der Waals surface area contributed by atoms with Gasteiger partial charge in [0.25, 0.3) is 5.79 Å². The van der Waals surface area contributed by atoms with Crippen molar-refractivity contribution in [2.24, 2.45) is 56.2 Å². The monoisotopic (exact) mass is 1730 g/mol. The molecule has 8 aliphatic heterocycles. The van der Waals surface area contributed by atoms with Crippen LogP contribution < -0.4 is 0 Å². The second-order valence-corrected chi connectivity index (χ2v) is 38.1. The Hall–Kier alpha value is -3.21. The Kier molecular flexibility index (Phi) is 28.1. The van der Waals surface area contributed by atoms with Crippen LogP contribution in [0.5, 0.6) is 0 Å². The molecule has 40 nitrogen and oxygen atoms in total. The molecule has 40 heteroatoms. The number of esters is 2. The van der Waals surface area contributed by atoms with Gasteiger partial charge in [-0.1, -0.05) is 74.0 Å². The van der Waals surface area contributed by atoms with Crippen LogP contribution in [-0.2, 0) is 94.9 Å². The van der Waals surface area contributed by atoms with Gasteiger partial charge in [-0.25, -0.2) is 4.79 Å². The van der Waals surface area contributed by atoms with E-state index in [0.717, 1.165) is 5.57 Å². The molecule has 12 fully saturated rings. The summed E-state index contributed by atoms with van der Waals surface area (Å²) in [6.07, 6.45) is -53.9. The number of ether oxygens (including phenoxy) is 17. The summed E-state index contributed by atoms with van der Waals surface area (Å²) in [5.74, 6) is -7.93. The van der Waals surface area contributed by atoms with E-state index in [4.69, 9.17) is 80.5 Å². The first-order valence-corrected chi connectivity index (χ1v) is 42.1. The van der Waals surface area contributed by atoms with Crippen molar-refractivity contribution in [3.8, 4) is 0 Å². The van der Waals surface area contributed by atoms with Gasteiger partial charge >= 0.3 is 17.9 Å². The molecule has 13 aliphatic rings. The minimum Gasteiger partial charge on any atom is -0.477 e. The normalized spacial score (nSPS) is 52.3. The predicted molar refractivity (Wildman–Crippen MR) is 396 cm³/mol. The third-order valence-electron chi connectivity index (χ3n) is 30.0. The number of aliphatic hydroxyl groups is 19. The highest BCUT2D eigenvalue weighted by Crippen LogP contribution is 2.76. The maximum atomic E-state index is 16.5. The number of carboxylic acids is 1. The Morgan fingerprint density at radius 2 is 1.06 bits per heavy atom. The maximum absolute atomic E-state index is 16.5. The summed E-state index contributed by atoms with van der Waals surface area (Å²) in [6, 6.07) is 0. The first-order valence-electron chi connectivity index (χ1n) is 42.1. The zero-order valence-corrected chi connectivity index (χ0v) is 69.4. The van der Waals surface area contributed by atoms with Crippen LogP contribution >= 0.6 is 0 Å². The molecule has 44 atom stereocenters. The van der Waals surface area contributed by atoms with Gasteiger partial charge in [-0.3, -0.25) is 9.59 Å². The fraction of sp³-hybridized carbons (Fsp3) is 0.938. The first kappa shape index (κ1) is 94.4. The van der Waals surface area contributed by atoms with Crippen molar-refractivity contribution in [2.45, 2.75) is 374 Å². The number of carboxylic acid groups (broad SMARTS) is 1. The average Bonchev–Trinajstić information content (AvgIpc) is 1.08. The lowest BCUT2D eigenvalue weighted by Gasteiger charge is -2.71. The van der Waals surface area contributed by atoms with Crippen molar-refractivity contribution in [3.63, 3.8) is 0 Å². The zero-order chi connectivity index (χ0) is 87.7. The van der Waals surface area contributed by atoms with Crippen LogP contribution in [0.15, 0.2) is 11.6 Å². The summed E-state index contributed by atoms with van der Waals surface area (Å²) >= 11 is 0. The molecule has 688 valence electrons. The van der Waals surface area contributed by atoms with Gasteiger partial charge in [-0.05, 0) is 129 Å². The van der Waals surface area contributed by atoms with Crippen LogP contribution in [0.25, 0.3) is 0 Å². The third kappa shape index (κ3) is 16.9. The van der Waals surface area contributed by atoms with E-state index in [-0.39, 0.29) is 30.1 Å². The van der Waals surface area contributed by atoms with Crippen molar-refractivity contribution in [3.05, 3.63) is 11.6 Å². The van der Waals surface area contributed by atoms with Gasteiger partial charge in [0, 0.05) is 6.42 Å². The molecule has 13 rings (SSSR count). The number of hydrogen-bond donors (Lipinski definition) is 20. The average molecular weight is 1730 g/mol. The molecule has 0 radical (unpaired) electrons. The number of aliphatic carboxylic acids is 1. The quantitative estimate of drug-likeness (QED) is 0.0260. The number of aliphatic hydroxyl groups excluding tert-OH is 17. The summed E-state index contributed by atoms with van der Waals surface area (Å²) in [5.41, 5.74) is -5.11. The van der Waals surface area contributed by atoms with Gasteiger partial charge in [-0.15, -0.1) is 0 Å². The van der Waals surface area contributed by atoms with E-state index in [2.05, 4.69) is 40.7 Å². The summed E-state index contributed by atoms with van der Waals surface area (Å²) in [5, 5.41) is 220. The zero-order valence-electron chi connectivity index (χ0n) is 69.4. The molecule has 0 bridgehead atoms. The standard InChI is InChI=1S/C80H128O40/c1-12-31(2)62(98)113-56-33(4)108-68(60(59(56)117-67-52(94)48(90)46(88)40(26-82)111-67)118-65-53(95)49(91)55(32(3)107-65)114-64-54(96)57(37(85)28-105-64)115-70-61(97)79(102,29-83)30-106-70)119-72(101)78-21-19-73(5,6)23-35(78)34-13-14-42-75(9)17-16-43(74(7,8)41(75)15-18-77(42,11)76(34,10)20-22-78)112-69-58(116-66-51(93)47(89)45(87)39(25-81)110-66)38(24-80(103,120-69)71(99)100)109-63-50(92)44(86)36(84)27-104-63/h13,31-33,35-61,63-70,81-97,102-103H,12,14-30H2,1-11H3,(H,99,100)/t31-,32?,33?,35?,36+,37?,38?,39?,40?,41?,42?,43-,44?,45-,46+,47?,48?,49?,50?,51?,52?,53?,54?,55-,56+,57-,58?,59?,60?,61?,63-,64+,65-,66-,67-,68-,69+,70-,75-,76+,77+,78-,79?,80?/m0/s1. The number of carbonyl (C=O) groups excluding carboxylic acids is 2. The molecule has 120 heavy (non-hydrogen) atoms. The number of rotatable bonds is 23. The molecule has 0 amide bonds. The Balaban J connectivity index is 0.788. The van der Waals surface area contributed by atoms with E-state index in [1.807, 2.05) is 13.8 Å². The highest BCUT2D eigenvalue weighted by molar-refractivity contribution is 5.79. The fourth-order valence-electron chi connectivity index (χ4n) is 22.0. The minimum atomic E-state index is -3.10. The largest absolute Gasteiger partial charge is 0.477 e. The molecule has 0 spiro atoms. The van der Waals surface area contributed by atoms with Crippen LogP contribution in [0.1, 0.15) is 153 Å². The van der Waals surface area contributed by atoms with E-state index in [0.29, 0.717) is 57.8 Å². The molecule has 0 aromatic rings. The summed E-state index contributed by atoms with van der Waals surface area (Å²) < 4.78 is 105. The Bertz CT molecular complexity index is 3560. The van der Waals surface area contributed by atoms with Crippen LogP contribution in [0.4, 0.5) is 0 Å². The lowest BCUT2D eigenvalue weighted by Crippen LogP contribution is -2.68. The molecule has 0 aromatic heterocycles. The molecule has 8 heterocycles. The Labute approximate surface area is 693 Å². The highest BCUT2D eigenvalue weighted by Gasteiger charge is 2.72. The van der Waals surface area contributed by atoms with E-state index in [9.17, 15) is 112 Å². The van der Waals surface area contributed by atoms with Crippen molar-refractivity contribution in [1.82, 2.24) is 0 Å². The molecule has 24 unspecified atom stereocenters. The molecule has 0 aromatic carbocycles. The third-order valence-corrected chi connectivity index (χ3v) is 30.0. The van der Waals surface area contributed by atoms with Crippen molar-refractivity contribution in [2.75, 3.05) is 39.6 Å². The van der Waals surface area contributed by atoms with Gasteiger partial charge in [0.2, 0.25) is 6.29 Å². The number of fused-ring (bicyclic) bond motifs is 7. The van der Waals surface area contributed by atoms with E-state index in [1.54, 1.807) is 13.8 Å². The lowest BCUT2D eigenvalue weighted by molar-refractivity contribution is -0.411. The number of carbonyl (C=O) groups is 3. The Morgan fingerprint density at radius 1 is 0.508 bits per heavy atom. The second kappa shape index (κ2) is 35.7. The van der Waals surface area contributed by atoms with Crippen LogP contribution in [0.2, 0.25) is 0 Å². The maximum Gasteiger partial charge on any atom is 0.364 e. The van der Waals surface area contributed by atoms with Crippen LogP contribution in [-0.4, -0.2) is 380 Å². The Morgan fingerprint density at radius 3 is 1.67 bits per heavy atom. The van der Waals surface area contributed by atoms with Crippen molar-refractivity contribution >= 4 is 17.9 Å². The summed E-state index contributed by atoms with van der Waals surface area (Å²) in [7, 11) is 0. The van der Waals surface area contributed by atoms with Gasteiger partial charge in [-0.2, -0.15) is 0 Å². The van der Waals surface area contributed by atoms with Gasteiger partial charge in [0.05, 0.1) is 75.4 Å². The number of allylic oxidation sites excluding steroid dienone is 2. The van der Waals surface area contributed by atoms with E-state index < -0.39 is 323 Å². The summed E-state index contributed by atoms with van der Waals surface area (Å²) in [6.45, 7) is 17.0. The molecule has 4 saturated carbocycles. The molecular weight excluding hydrogens is 1600 g/mol. The predicted octanol–water partition coefficient (Wildman–Crippen LogP) is -4.73. The topological polar surface area (TPSA) is 613 Å². The SMILES string of the molecule is CC[C@H](C)C(=O)O[C@@H]1C(C)O[C@@H](OC(=O)[C@]23CCC(C)(C)CC2C2=CCC4[C@@]5(C)CC[C@H](O[C@@H]6OC(O)(C(=O)O)CC(O[C@@H]7OC[C@@H](O)C(O)C7O)C6O[C@@H]6OC(CO)[C@H](O)C(O)C6O)C(C)(C)C5CC[C@@]4(C)[C@]2(C)CC3)C(O[C@@H]2OC(C)[C@H](O[C@H]3OCC(O)[C@H](O[C@@H]4OCC(O)(CO)C4O)C3O)C(O)C2O)C1O[C@@H]1OC(CO)[C@@H](O)C(O)C1O. The minimum absolute atomic E-state index is 0.0368. The lowest BCUT2D eigenvalue weighted by atomic mass is 9.33. The van der Waals surface area contributed by atoms with Crippen LogP contribution in [0, 0.1) is 56.2 Å². The van der Waals surface area contributed by atoms with Crippen molar-refractivity contribution in [1.29, 1.82) is 0 Å². The van der Waals surface area contributed by atoms with Gasteiger partial charge in [0.15, 0.2) is 56.2 Å². The van der Waals surface area contributed by atoms with Gasteiger partial charge in [0.1, 0.15) is 128 Å². The van der Waals surface area contributed by atoms with Crippen molar-refractivity contribution < 1.29 is 197 Å². The molecule has 5 aliphatic carbocycles. The van der Waals surface area contributed by atoms with E-state index in [1.165, 1.54) is 13.8 Å². The second-order valence-electron chi connectivity index (χ2n) is 38.1. The molecular formula is C80H128O40. The highest BCUT2D eigenvalue weighted by atomic mass is 16.8.